The fourth-order valence-electron chi connectivity index (χ4n) is 2.28. The lowest BCUT2D eigenvalue weighted by Gasteiger charge is -2.26. The summed E-state index contributed by atoms with van der Waals surface area (Å²) in [6.45, 7) is 4.54. The average Bonchev–Trinajstić information content (AvgIpc) is 3.00. The monoisotopic (exact) mass is 330 g/mol. The second kappa shape index (κ2) is 7.34. The molecule has 1 aliphatic heterocycles. The van der Waals surface area contributed by atoms with Gasteiger partial charge in [-0.15, -0.1) is 0 Å². The van der Waals surface area contributed by atoms with Crippen LogP contribution in [0.25, 0.3) is 11.3 Å². The summed E-state index contributed by atoms with van der Waals surface area (Å²) in [7, 11) is 0. The van der Waals surface area contributed by atoms with Crippen molar-refractivity contribution < 1.29 is 9.53 Å². The van der Waals surface area contributed by atoms with Crippen molar-refractivity contribution in [2.24, 2.45) is 5.10 Å². The van der Waals surface area contributed by atoms with Crippen molar-refractivity contribution in [3.63, 3.8) is 0 Å². The van der Waals surface area contributed by atoms with E-state index < -0.39 is 0 Å². The van der Waals surface area contributed by atoms with Gasteiger partial charge in [-0.1, -0.05) is 41.7 Å². The Morgan fingerprint density at radius 2 is 2.09 bits per heavy atom. The molecule has 0 radical (unpaired) electrons. The van der Waals surface area contributed by atoms with Crippen LogP contribution in [0, 0.1) is 0 Å². The topological polar surface area (TPSA) is 66.8 Å². The van der Waals surface area contributed by atoms with Gasteiger partial charge in [-0.3, -0.25) is 4.79 Å². The zero-order valence-corrected chi connectivity index (χ0v) is 13.7. The number of nitrogens with one attached hydrogen (secondary N) is 1. The number of hydrogen-bond donors (Lipinski definition) is 1. The first-order valence-electron chi connectivity index (χ1n) is 7.42. The molecule has 1 amide bonds. The van der Waals surface area contributed by atoms with E-state index >= 15 is 0 Å². The van der Waals surface area contributed by atoms with Gasteiger partial charge in [-0.25, -0.2) is 10.4 Å². The summed E-state index contributed by atoms with van der Waals surface area (Å²) in [6, 6.07) is 9.99. The van der Waals surface area contributed by atoms with E-state index in [-0.39, 0.29) is 5.91 Å². The Morgan fingerprint density at radius 3 is 2.78 bits per heavy atom. The first kappa shape index (κ1) is 15.6. The van der Waals surface area contributed by atoms with Crippen LogP contribution in [0.5, 0.6) is 0 Å². The van der Waals surface area contributed by atoms with Gasteiger partial charge < -0.3 is 9.64 Å². The summed E-state index contributed by atoms with van der Waals surface area (Å²) in [4.78, 5) is 18.9. The SMILES string of the molecule is CC(=O)N/N=C\c1sc(N2CCOCC2)nc1-c1ccccc1. The van der Waals surface area contributed by atoms with Gasteiger partial charge in [0.1, 0.15) is 0 Å². The van der Waals surface area contributed by atoms with E-state index in [4.69, 9.17) is 9.72 Å². The van der Waals surface area contributed by atoms with Crippen LogP contribution in [-0.2, 0) is 9.53 Å². The van der Waals surface area contributed by atoms with E-state index in [2.05, 4.69) is 15.4 Å². The maximum atomic E-state index is 11.0. The summed E-state index contributed by atoms with van der Waals surface area (Å²) in [5.74, 6) is -0.194. The van der Waals surface area contributed by atoms with Crippen molar-refractivity contribution in [1.29, 1.82) is 0 Å². The van der Waals surface area contributed by atoms with Crippen LogP contribution in [0.15, 0.2) is 35.4 Å². The lowest BCUT2D eigenvalue weighted by Crippen LogP contribution is -2.36. The molecule has 120 valence electrons. The van der Waals surface area contributed by atoms with Gasteiger partial charge in [0.15, 0.2) is 5.13 Å². The van der Waals surface area contributed by atoms with Crippen molar-refractivity contribution in [1.82, 2.24) is 10.4 Å². The van der Waals surface area contributed by atoms with Crippen LogP contribution in [0.3, 0.4) is 0 Å². The number of thiazole rings is 1. The minimum atomic E-state index is -0.194. The summed E-state index contributed by atoms with van der Waals surface area (Å²) in [5, 5.41) is 4.94. The Balaban J connectivity index is 1.92. The molecule has 1 aromatic heterocycles. The molecule has 0 atom stereocenters. The smallest absolute Gasteiger partial charge is 0.236 e. The zero-order chi connectivity index (χ0) is 16.1. The van der Waals surface area contributed by atoms with Crippen LogP contribution in [0.1, 0.15) is 11.8 Å². The van der Waals surface area contributed by atoms with E-state index in [1.54, 1.807) is 17.6 Å². The van der Waals surface area contributed by atoms with Gasteiger partial charge in [0.05, 0.1) is 30.0 Å². The van der Waals surface area contributed by atoms with Crippen molar-refractivity contribution in [2.75, 3.05) is 31.2 Å². The number of nitrogens with zero attached hydrogens (tertiary/aromatic N) is 3. The third-order valence-corrected chi connectivity index (χ3v) is 4.43. The predicted molar refractivity (Wildman–Crippen MR) is 92.0 cm³/mol. The summed E-state index contributed by atoms with van der Waals surface area (Å²) < 4.78 is 5.40. The fourth-order valence-corrected chi connectivity index (χ4v) is 3.29. The number of hydrazone groups is 1. The Labute approximate surface area is 138 Å². The van der Waals surface area contributed by atoms with E-state index in [0.717, 1.165) is 47.6 Å². The van der Waals surface area contributed by atoms with E-state index in [9.17, 15) is 4.79 Å². The maximum Gasteiger partial charge on any atom is 0.236 e. The molecular weight excluding hydrogens is 312 g/mol. The summed E-state index contributed by atoms with van der Waals surface area (Å²) in [6.07, 6.45) is 1.66. The number of hydrogen-bond acceptors (Lipinski definition) is 6. The molecule has 7 heteroatoms. The second-order valence-corrected chi connectivity index (χ2v) is 6.11. The number of anilines is 1. The molecule has 1 saturated heterocycles. The number of aromatic nitrogens is 1. The minimum Gasteiger partial charge on any atom is -0.378 e. The first-order chi connectivity index (χ1) is 11.2. The normalized spacial score (nSPS) is 15.1. The van der Waals surface area contributed by atoms with Gasteiger partial charge >= 0.3 is 0 Å². The molecule has 1 aliphatic rings. The van der Waals surface area contributed by atoms with Crippen LogP contribution >= 0.6 is 11.3 Å². The van der Waals surface area contributed by atoms with Crippen molar-refractivity contribution >= 4 is 28.6 Å². The highest BCUT2D eigenvalue weighted by molar-refractivity contribution is 7.17. The molecule has 6 nitrogen and oxygen atoms in total. The zero-order valence-electron chi connectivity index (χ0n) is 12.9. The number of carbonyl (C=O) groups excluding carboxylic acids is 1. The molecule has 0 spiro atoms. The average molecular weight is 330 g/mol. The Bertz CT molecular complexity index is 693. The maximum absolute atomic E-state index is 11.0. The van der Waals surface area contributed by atoms with Crippen LogP contribution < -0.4 is 10.3 Å². The number of ether oxygens (including phenoxy) is 1. The summed E-state index contributed by atoms with van der Waals surface area (Å²) >= 11 is 1.57. The van der Waals surface area contributed by atoms with Gasteiger partial charge in [-0.05, 0) is 0 Å². The van der Waals surface area contributed by atoms with Gasteiger partial charge in [0.2, 0.25) is 5.91 Å². The molecule has 2 heterocycles. The molecule has 1 fully saturated rings. The standard InChI is InChI=1S/C16H18N4O2S/c1-12(21)19-17-11-14-15(13-5-3-2-4-6-13)18-16(23-14)20-7-9-22-10-8-20/h2-6,11H,7-10H2,1H3,(H,19,21)/b17-11-. The molecule has 3 rings (SSSR count). The van der Waals surface area contributed by atoms with Gasteiger partial charge in [0, 0.05) is 25.6 Å². The van der Waals surface area contributed by atoms with E-state index in [1.807, 2.05) is 30.3 Å². The third-order valence-electron chi connectivity index (χ3n) is 3.37. The van der Waals surface area contributed by atoms with Gasteiger partial charge in [0.25, 0.3) is 0 Å². The van der Waals surface area contributed by atoms with E-state index in [0.29, 0.717) is 0 Å². The number of rotatable bonds is 4. The van der Waals surface area contributed by atoms with Crippen LogP contribution in [0.2, 0.25) is 0 Å². The summed E-state index contributed by atoms with van der Waals surface area (Å²) in [5.41, 5.74) is 4.35. The second-order valence-electron chi connectivity index (χ2n) is 5.10. The molecule has 23 heavy (non-hydrogen) atoms. The lowest BCUT2D eigenvalue weighted by atomic mass is 10.1. The minimum absolute atomic E-state index is 0.194. The molecule has 1 N–H and O–H groups in total. The Morgan fingerprint density at radius 1 is 1.35 bits per heavy atom. The van der Waals surface area contributed by atoms with Crippen molar-refractivity contribution in [3.8, 4) is 11.3 Å². The van der Waals surface area contributed by atoms with Crippen LogP contribution in [0.4, 0.5) is 5.13 Å². The number of carbonyl (C=O) groups is 1. The number of morpholine rings is 1. The Hall–Kier alpha value is -2.25. The molecule has 0 saturated carbocycles. The first-order valence-corrected chi connectivity index (χ1v) is 8.24. The number of amides is 1. The largest absolute Gasteiger partial charge is 0.378 e. The fraction of sp³-hybridized carbons (Fsp3) is 0.312. The molecule has 0 aliphatic carbocycles. The molecule has 0 unspecified atom stereocenters. The van der Waals surface area contributed by atoms with Crippen molar-refractivity contribution in [3.05, 3.63) is 35.2 Å². The third kappa shape index (κ3) is 3.94. The molecule has 2 aromatic rings. The van der Waals surface area contributed by atoms with Crippen molar-refractivity contribution in [2.45, 2.75) is 6.92 Å². The molecule has 0 bridgehead atoms. The van der Waals surface area contributed by atoms with Crippen LogP contribution in [-0.4, -0.2) is 43.4 Å². The molecule has 1 aromatic carbocycles. The lowest BCUT2D eigenvalue weighted by molar-refractivity contribution is -0.118. The highest BCUT2D eigenvalue weighted by atomic mass is 32.1. The highest BCUT2D eigenvalue weighted by Crippen LogP contribution is 2.32. The van der Waals surface area contributed by atoms with E-state index in [1.165, 1.54) is 6.92 Å². The predicted octanol–water partition coefficient (Wildman–Crippen LogP) is 2.12. The highest BCUT2D eigenvalue weighted by Gasteiger charge is 2.18. The quantitative estimate of drug-likeness (QED) is 0.689. The Kier molecular flexibility index (Phi) is 4.99. The number of benzene rings is 1. The molecular formula is C16H18N4O2S. The van der Waals surface area contributed by atoms with Gasteiger partial charge in [-0.2, -0.15) is 5.10 Å².